The Kier molecular flexibility index (Phi) is 5.75. The Morgan fingerprint density at radius 3 is 2.57 bits per heavy atom. The highest BCUT2D eigenvalue weighted by Gasteiger charge is 2.20. The fraction of sp³-hybridized carbons (Fsp3) is 0.588. The second kappa shape index (κ2) is 7.79. The summed E-state index contributed by atoms with van der Waals surface area (Å²) in [6.07, 6.45) is 2.15. The maximum absolute atomic E-state index is 6.44. The van der Waals surface area contributed by atoms with Crippen LogP contribution < -0.4 is 0 Å². The van der Waals surface area contributed by atoms with Gasteiger partial charge in [-0.1, -0.05) is 24.6 Å². The molecule has 1 aliphatic heterocycles. The van der Waals surface area contributed by atoms with Crippen molar-refractivity contribution in [3.63, 3.8) is 0 Å². The molecule has 0 radical (unpaired) electrons. The fourth-order valence-corrected chi connectivity index (χ4v) is 4.18. The van der Waals surface area contributed by atoms with Crippen molar-refractivity contribution < 1.29 is 0 Å². The average Bonchev–Trinajstić information content (AvgIpc) is 3.07. The first-order valence-electron chi connectivity index (χ1n) is 8.34. The third-order valence-corrected chi connectivity index (χ3v) is 5.84. The number of aromatic nitrogens is 2. The van der Waals surface area contributed by atoms with Gasteiger partial charge in [-0.15, -0.1) is 11.3 Å². The molecule has 2 aromatic heterocycles. The van der Waals surface area contributed by atoms with E-state index in [4.69, 9.17) is 11.6 Å². The number of nitrogens with zero attached hydrogens (tertiary/aromatic N) is 4. The van der Waals surface area contributed by atoms with Gasteiger partial charge in [0.05, 0.1) is 5.69 Å². The van der Waals surface area contributed by atoms with Crippen LogP contribution in [-0.4, -0.2) is 45.8 Å². The Morgan fingerprint density at radius 2 is 1.91 bits per heavy atom. The summed E-state index contributed by atoms with van der Waals surface area (Å²) in [5, 5.41) is 7.49. The van der Waals surface area contributed by atoms with E-state index in [1.165, 1.54) is 23.4 Å². The van der Waals surface area contributed by atoms with Crippen molar-refractivity contribution in [3.05, 3.63) is 38.8 Å². The molecule has 0 amide bonds. The van der Waals surface area contributed by atoms with Gasteiger partial charge in [0.25, 0.3) is 0 Å². The van der Waals surface area contributed by atoms with E-state index in [-0.39, 0.29) is 0 Å². The zero-order valence-corrected chi connectivity index (χ0v) is 15.5. The standard InChI is InChI=1S/C17H25ClN4S/c1-3-16-15(17(18)20(2)19-16)13-22-8-5-7-21(9-10-22)12-14-6-4-11-23-14/h4,6,11H,3,5,7-10,12-13H2,1-2H3. The molecule has 0 unspecified atom stereocenters. The molecule has 3 rings (SSSR count). The quantitative estimate of drug-likeness (QED) is 0.824. The van der Waals surface area contributed by atoms with Gasteiger partial charge in [-0.05, 0) is 37.4 Å². The van der Waals surface area contributed by atoms with E-state index in [0.717, 1.165) is 50.0 Å². The van der Waals surface area contributed by atoms with E-state index in [9.17, 15) is 0 Å². The van der Waals surface area contributed by atoms with Crippen molar-refractivity contribution in [2.24, 2.45) is 7.05 Å². The Hall–Kier alpha value is -0.880. The van der Waals surface area contributed by atoms with Gasteiger partial charge in [-0.3, -0.25) is 14.5 Å². The van der Waals surface area contributed by atoms with E-state index in [2.05, 4.69) is 39.3 Å². The molecule has 0 bridgehead atoms. The second-order valence-corrected chi connectivity index (χ2v) is 7.57. The van der Waals surface area contributed by atoms with E-state index in [1.54, 1.807) is 4.68 Å². The minimum Gasteiger partial charge on any atom is -0.298 e. The predicted molar refractivity (Wildman–Crippen MR) is 97.1 cm³/mol. The molecule has 0 saturated carbocycles. The molecule has 3 heterocycles. The highest BCUT2D eigenvalue weighted by molar-refractivity contribution is 7.09. The average molecular weight is 353 g/mol. The van der Waals surface area contributed by atoms with Gasteiger partial charge in [0.15, 0.2) is 0 Å². The van der Waals surface area contributed by atoms with Gasteiger partial charge in [0.2, 0.25) is 0 Å². The first-order valence-corrected chi connectivity index (χ1v) is 9.60. The second-order valence-electron chi connectivity index (χ2n) is 6.18. The molecule has 0 aromatic carbocycles. The molecule has 6 heteroatoms. The van der Waals surface area contributed by atoms with Gasteiger partial charge in [-0.2, -0.15) is 5.10 Å². The monoisotopic (exact) mass is 352 g/mol. The molecule has 1 aliphatic rings. The molecule has 0 N–H and O–H groups in total. The summed E-state index contributed by atoms with van der Waals surface area (Å²) in [6, 6.07) is 4.37. The van der Waals surface area contributed by atoms with Gasteiger partial charge in [0, 0.05) is 43.7 Å². The Balaban J connectivity index is 1.60. The molecule has 0 spiro atoms. The molecule has 126 valence electrons. The molecule has 0 aliphatic carbocycles. The highest BCUT2D eigenvalue weighted by Crippen LogP contribution is 2.22. The van der Waals surface area contributed by atoms with Crippen LogP contribution in [0.15, 0.2) is 17.5 Å². The number of halogens is 1. The molecule has 23 heavy (non-hydrogen) atoms. The van der Waals surface area contributed by atoms with Crippen LogP contribution in [0.5, 0.6) is 0 Å². The van der Waals surface area contributed by atoms with Crippen molar-refractivity contribution in [3.8, 4) is 0 Å². The van der Waals surface area contributed by atoms with Gasteiger partial charge in [0.1, 0.15) is 5.15 Å². The molecular formula is C17H25ClN4S. The van der Waals surface area contributed by atoms with Crippen LogP contribution in [0.25, 0.3) is 0 Å². The van der Waals surface area contributed by atoms with Crippen LogP contribution in [0.2, 0.25) is 5.15 Å². The van der Waals surface area contributed by atoms with Crippen molar-refractivity contribution >= 4 is 22.9 Å². The molecule has 4 nitrogen and oxygen atoms in total. The lowest BCUT2D eigenvalue weighted by molar-refractivity contribution is 0.248. The maximum Gasteiger partial charge on any atom is 0.131 e. The maximum atomic E-state index is 6.44. The Labute approximate surface area is 147 Å². The van der Waals surface area contributed by atoms with Crippen LogP contribution in [-0.2, 0) is 26.6 Å². The highest BCUT2D eigenvalue weighted by atomic mass is 35.5. The van der Waals surface area contributed by atoms with Crippen LogP contribution >= 0.6 is 22.9 Å². The van der Waals surface area contributed by atoms with E-state index in [1.807, 2.05) is 18.4 Å². The predicted octanol–water partition coefficient (Wildman–Crippen LogP) is 3.41. The van der Waals surface area contributed by atoms with Gasteiger partial charge < -0.3 is 0 Å². The lowest BCUT2D eigenvalue weighted by Gasteiger charge is -2.21. The lowest BCUT2D eigenvalue weighted by atomic mass is 10.2. The van der Waals surface area contributed by atoms with Crippen molar-refractivity contribution in [1.29, 1.82) is 0 Å². The Morgan fingerprint density at radius 1 is 1.17 bits per heavy atom. The van der Waals surface area contributed by atoms with E-state index >= 15 is 0 Å². The number of hydrogen-bond donors (Lipinski definition) is 0. The number of hydrogen-bond acceptors (Lipinski definition) is 4. The van der Waals surface area contributed by atoms with Crippen molar-refractivity contribution in [2.75, 3.05) is 26.2 Å². The Bertz CT molecular complexity index is 623. The number of aryl methyl sites for hydroxylation is 2. The van der Waals surface area contributed by atoms with Crippen LogP contribution in [0.3, 0.4) is 0 Å². The zero-order valence-electron chi connectivity index (χ0n) is 14.0. The van der Waals surface area contributed by atoms with E-state index in [0.29, 0.717) is 0 Å². The lowest BCUT2D eigenvalue weighted by Crippen LogP contribution is -2.30. The normalized spacial score (nSPS) is 17.5. The molecular weight excluding hydrogens is 328 g/mol. The molecule has 1 saturated heterocycles. The molecule has 0 atom stereocenters. The summed E-state index contributed by atoms with van der Waals surface area (Å²) >= 11 is 8.29. The summed E-state index contributed by atoms with van der Waals surface area (Å²) in [7, 11) is 1.93. The van der Waals surface area contributed by atoms with Crippen LogP contribution in [0.4, 0.5) is 0 Å². The van der Waals surface area contributed by atoms with E-state index < -0.39 is 0 Å². The van der Waals surface area contributed by atoms with Crippen molar-refractivity contribution in [1.82, 2.24) is 19.6 Å². The van der Waals surface area contributed by atoms with Crippen LogP contribution in [0.1, 0.15) is 29.5 Å². The minimum absolute atomic E-state index is 0.793. The van der Waals surface area contributed by atoms with Crippen molar-refractivity contribution in [2.45, 2.75) is 32.9 Å². The summed E-state index contributed by atoms with van der Waals surface area (Å²) < 4.78 is 1.80. The zero-order chi connectivity index (χ0) is 16.2. The number of rotatable bonds is 5. The largest absolute Gasteiger partial charge is 0.298 e. The first kappa shape index (κ1) is 17.0. The third kappa shape index (κ3) is 4.15. The topological polar surface area (TPSA) is 24.3 Å². The summed E-state index contributed by atoms with van der Waals surface area (Å²) in [6.45, 7) is 8.68. The summed E-state index contributed by atoms with van der Waals surface area (Å²) in [5.74, 6) is 0. The molecule has 1 fully saturated rings. The van der Waals surface area contributed by atoms with Gasteiger partial charge >= 0.3 is 0 Å². The van der Waals surface area contributed by atoms with Crippen LogP contribution in [0, 0.1) is 0 Å². The first-order chi connectivity index (χ1) is 11.2. The SMILES string of the molecule is CCc1nn(C)c(Cl)c1CN1CCCN(Cc2cccs2)CC1. The fourth-order valence-electron chi connectivity index (χ4n) is 3.23. The summed E-state index contributed by atoms with van der Waals surface area (Å²) in [4.78, 5) is 6.55. The smallest absolute Gasteiger partial charge is 0.131 e. The minimum atomic E-state index is 0.793. The third-order valence-electron chi connectivity index (χ3n) is 4.51. The van der Waals surface area contributed by atoms with Gasteiger partial charge in [-0.25, -0.2) is 0 Å². The number of thiophene rings is 1. The molecule has 2 aromatic rings. The summed E-state index contributed by atoms with van der Waals surface area (Å²) in [5.41, 5.74) is 2.35.